The minimum atomic E-state index is -0.820. The van der Waals surface area contributed by atoms with Crippen molar-refractivity contribution in [3.63, 3.8) is 0 Å². The summed E-state index contributed by atoms with van der Waals surface area (Å²) < 4.78 is 27.6. The Morgan fingerprint density at radius 2 is 2.08 bits per heavy atom. The fourth-order valence-electron chi connectivity index (χ4n) is 2.42. The van der Waals surface area contributed by atoms with Crippen LogP contribution in [0.2, 0.25) is 0 Å². The Labute approximate surface area is 137 Å². The largest absolute Gasteiger partial charge is 0.350 e. The maximum Gasteiger partial charge on any atom is 0.267 e. The first kappa shape index (κ1) is 16.3. The van der Waals surface area contributed by atoms with Crippen LogP contribution in [-0.4, -0.2) is 15.7 Å². The fourth-order valence-corrected chi connectivity index (χ4v) is 2.42. The summed E-state index contributed by atoms with van der Waals surface area (Å²) >= 11 is 0. The normalized spacial score (nSPS) is 15.1. The van der Waals surface area contributed by atoms with Crippen LogP contribution in [0, 0.1) is 11.6 Å². The van der Waals surface area contributed by atoms with E-state index in [-0.39, 0.29) is 17.7 Å². The second-order valence-corrected chi connectivity index (χ2v) is 5.94. The highest BCUT2D eigenvalue weighted by molar-refractivity contribution is 5.79. The second-order valence-electron chi connectivity index (χ2n) is 5.94. The summed E-state index contributed by atoms with van der Waals surface area (Å²) in [5, 5.41) is 6.81. The van der Waals surface area contributed by atoms with E-state index in [2.05, 4.69) is 10.4 Å². The highest BCUT2D eigenvalue weighted by atomic mass is 19.1. The van der Waals surface area contributed by atoms with Gasteiger partial charge in [-0.3, -0.25) is 9.59 Å². The van der Waals surface area contributed by atoms with Crippen molar-refractivity contribution in [3.8, 4) is 0 Å². The van der Waals surface area contributed by atoms with Gasteiger partial charge in [0.15, 0.2) is 0 Å². The molecule has 0 spiro atoms. The molecule has 1 aromatic heterocycles. The van der Waals surface area contributed by atoms with Gasteiger partial charge in [0.2, 0.25) is 5.91 Å². The monoisotopic (exact) mass is 333 g/mol. The first-order chi connectivity index (χ1) is 11.5. The zero-order chi connectivity index (χ0) is 17.3. The molecule has 1 N–H and O–H groups in total. The molecule has 1 aliphatic rings. The third-order valence-electron chi connectivity index (χ3n) is 4.06. The van der Waals surface area contributed by atoms with Gasteiger partial charge < -0.3 is 5.32 Å². The van der Waals surface area contributed by atoms with Crippen LogP contribution < -0.4 is 10.9 Å². The van der Waals surface area contributed by atoms with E-state index in [0.717, 1.165) is 35.4 Å². The van der Waals surface area contributed by atoms with E-state index in [1.165, 1.54) is 12.1 Å². The van der Waals surface area contributed by atoms with Crippen LogP contribution in [0.4, 0.5) is 8.78 Å². The van der Waals surface area contributed by atoms with E-state index in [0.29, 0.717) is 5.92 Å². The Balaban J connectivity index is 1.70. The molecule has 0 saturated heterocycles. The van der Waals surface area contributed by atoms with Crippen molar-refractivity contribution in [2.75, 3.05) is 0 Å². The van der Waals surface area contributed by atoms with Gasteiger partial charge in [0, 0.05) is 30.2 Å². The molecule has 126 valence electrons. The number of nitrogens with zero attached hydrogens (tertiary/aromatic N) is 2. The molecule has 1 heterocycles. The van der Waals surface area contributed by atoms with Crippen LogP contribution in [0.3, 0.4) is 0 Å². The number of hydrogen-bond acceptors (Lipinski definition) is 3. The Morgan fingerprint density at radius 3 is 2.75 bits per heavy atom. The van der Waals surface area contributed by atoms with Crippen molar-refractivity contribution in [3.05, 3.63) is 63.6 Å². The first-order valence-corrected chi connectivity index (χ1v) is 7.77. The molecule has 7 heteroatoms. The second kappa shape index (κ2) is 6.51. The lowest BCUT2D eigenvalue weighted by Gasteiger charge is -2.15. The Hall–Kier alpha value is -2.57. The molecule has 0 bridgehead atoms. The maximum absolute atomic E-state index is 13.6. The zero-order valence-corrected chi connectivity index (χ0v) is 13.1. The van der Waals surface area contributed by atoms with Crippen LogP contribution in [-0.2, 0) is 11.3 Å². The maximum atomic E-state index is 13.6. The predicted molar refractivity (Wildman–Crippen MR) is 83.4 cm³/mol. The summed E-state index contributed by atoms with van der Waals surface area (Å²) in [6.07, 6.45) is 2.07. The molecule has 1 saturated carbocycles. The molecule has 0 radical (unpaired) electrons. The van der Waals surface area contributed by atoms with Crippen molar-refractivity contribution in [2.45, 2.75) is 38.3 Å². The number of carbonyl (C=O) groups is 1. The average molecular weight is 333 g/mol. The molecule has 1 atom stereocenters. The number of halogens is 2. The number of nitrogens with one attached hydrogen (secondary N) is 1. The van der Waals surface area contributed by atoms with Crippen molar-refractivity contribution in [2.24, 2.45) is 0 Å². The van der Waals surface area contributed by atoms with E-state index in [9.17, 15) is 18.4 Å². The molecule has 5 nitrogen and oxygen atoms in total. The number of hydrogen-bond donors (Lipinski definition) is 1. The van der Waals surface area contributed by atoms with Crippen LogP contribution in [0.15, 0.2) is 35.1 Å². The van der Waals surface area contributed by atoms with Crippen LogP contribution in [0.25, 0.3) is 0 Å². The summed E-state index contributed by atoms with van der Waals surface area (Å²) in [4.78, 5) is 24.2. The molecule has 1 unspecified atom stereocenters. The van der Waals surface area contributed by atoms with Gasteiger partial charge in [-0.2, -0.15) is 5.10 Å². The molecule has 0 aliphatic heterocycles. The van der Waals surface area contributed by atoms with Gasteiger partial charge in [-0.25, -0.2) is 13.5 Å². The lowest BCUT2D eigenvalue weighted by molar-refractivity contribution is -0.124. The van der Waals surface area contributed by atoms with Gasteiger partial charge in [0.1, 0.15) is 17.7 Å². The van der Waals surface area contributed by atoms with Crippen LogP contribution in [0.1, 0.15) is 43.0 Å². The highest BCUT2D eigenvalue weighted by Gasteiger charge is 2.27. The van der Waals surface area contributed by atoms with Gasteiger partial charge in [-0.05, 0) is 31.9 Å². The third-order valence-corrected chi connectivity index (χ3v) is 4.06. The first-order valence-electron chi connectivity index (χ1n) is 7.77. The van der Waals surface area contributed by atoms with Crippen LogP contribution in [0.5, 0.6) is 0 Å². The molecule has 3 rings (SSSR count). The quantitative estimate of drug-likeness (QED) is 0.913. The third kappa shape index (κ3) is 3.50. The fraction of sp³-hybridized carbons (Fsp3) is 0.353. The lowest BCUT2D eigenvalue weighted by atomic mass is 10.2. The average Bonchev–Trinajstić information content (AvgIpc) is 3.38. The molecular formula is C17H17F2N3O2. The molecule has 1 aliphatic carbocycles. The van der Waals surface area contributed by atoms with E-state index in [1.807, 2.05) is 0 Å². The summed E-state index contributed by atoms with van der Waals surface area (Å²) in [5.74, 6) is -1.50. The Kier molecular flexibility index (Phi) is 4.42. The van der Waals surface area contributed by atoms with Crippen LogP contribution >= 0.6 is 0 Å². The number of amides is 1. The number of aromatic nitrogens is 2. The lowest BCUT2D eigenvalue weighted by Crippen LogP contribution is -2.37. The summed E-state index contributed by atoms with van der Waals surface area (Å²) in [7, 11) is 0. The number of benzene rings is 1. The minimum absolute atomic E-state index is 0.0909. The number of rotatable bonds is 5. The molecule has 1 aromatic carbocycles. The zero-order valence-electron chi connectivity index (χ0n) is 13.1. The molecular weight excluding hydrogens is 316 g/mol. The van der Waals surface area contributed by atoms with Gasteiger partial charge >= 0.3 is 0 Å². The van der Waals surface area contributed by atoms with Gasteiger partial charge in [0.25, 0.3) is 5.56 Å². The van der Waals surface area contributed by atoms with E-state index in [4.69, 9.17) is 0 Å². The van der Waals surface area contributed by atoms with Gasteiger partial charge in [0.05, 0.1) is 5.69 Å². The van der Waals surface area contributed by atoms with Crippen molar-refractivity contribution in [1.29, 1.82) is 0 Å². The van der Waals surface area contributed by atoms with E-state index < -0.39 is 23.6 Å². The van der Waals surface area contributed by atoms with E-state index in [1.54, 1.807) is 13.0 Å². The Bertz CT molecular complexity index is 831. The van der Waals surface area contributed by atoms with Crippen molar-refractivity contribution < 1.29 is 13.6 Å². The summed E-state index contributed by atoms with van der Waals surface area (Å²) in [6, 6.07) is 5.43. The summed E-state index contributed by atoms with van der Waals surface area (Å²) in [5.41, 5.74) is 0.609. The van der Waals surface area contributed by atoms with Crippen molar-refractivity contribution in [1.82, 2.24) is 15.1 Å². The minimum Gasteiger partial charge on any atom is -0.350 e. The van der Waals surface area contributed by atoms with E-state index >= 15 is 0 Å². The SMILES string of the molecule is CC(C(=O)NCc1ccc(F)cc1F)n1nc(C2CC2)ccc1=O. The van der Waals surface area contributed by atoms with Gasteiger partial charge in [-0.15, -0.1) is 0 Å². The molecule has 1 fully saturated rings. The van der Waals surface area contributed by atoms with Gasteiger partial charge in [-0.1, -0.05) is 6.07 Å². The predicted octanol–water partition coefficient (Wildman–Crippen LogP) is 2.28. The molecule has 1 amide bonds. The topological polar surface area (TPSA) is 64.0 Å². The number of carbonyl (C=O) groups excluding carboxylic acids is 1. The summed E-state index contributed by atoms with van der Waals surface area (Å²) in [6.45, 7) is 1.47. The Morgan fingerprint density at radius 1 is 1.33 bits per heavy atom. The van der Waals surface area contributed by atoms with Crippen molar-refractivity contribution >= 4 is 5.91 Å². The standard InChI is InChI=1S/C17H17F2N3O2/c1-10(22-16(23)7-6-15(21-22)11-2-3-11)17(24)20-9-12-4-5-13(18)8-14(12)19/h4-8,10-11H,2-3,9H2,1H3,(H,20,24). The smallest absolute Gasteiger partial charge is 0.267 e. The highest BCUT2D eigenvalue weighted by Crippen LogP contribution is 2.38. The molecule has 24 heavy (non-hydrogen) atoms. The molecule has 2 aromatic rings.